The van der Waals surface area contributed by atoms with Crippen LogP contribution in [0.5, 0.6) is 5.75 Å². The molecule has 0 aliphatic carbocycles. The monoisotopic (exact) mass is 316 g/mol. The van der Waals surface area contributed by atoms with Gasteiger partial charge in [-0.15, -0.1) is 0 Å². The molecule has 1 amide bonds. The summed E-state index contributed by atoms with van der Waals surface area (Å²) in [4.78, 5) is 17.1. The highest BCUT2D eigenvalue weighted by Crippen LogP contribution is 2.25. The van der Waals surface area contributed by atoms with Crippen molar-refractivity contribution in [3.8, 4) is 5.75 Å². The number of nitrogens with zero attached hydrogens (tertiary/aromatic N) is 2. The number of likely N-dealkylation sites (tertiary alicyclic amines) is 2. The molecule has 4 nitrogen and oxygen atoms in total. The summed E-state index contributed by atoms with van der Waals surface area (Å²) >= 11 is 0. The Balaban J connectivity index is 1.50. The van der Waals surface area contributed by atoms with Gasteiger partial charge in [-0.2, -0.15) is 0 Å². The van der Waals surface area contributed by atoms with Crippen LogP contribution in [0.25, 0.3) is 0 Å². The molecule has 1 N–H and O–H groups in total. The standard InChI is InChI=1S/C19H28N2O2/c1-15-5-4-10-21(13-15)19(23)16-8-11-20(12-9-16)14-17-6-2-3-7-18(17)22/h2-3,6-7,15-16,22H,4-5,8-14H2,1H3. The fraction of sp³-hybridized carbons (Fsp3) is 0.632. The van der Waals surface area contributed by atoms with E-state index in [-0.39, 0.29) is 5.92 Å². The first-order valence-corrected chi connectivity index (χ1v) is 8.91. The third kappa shape index (κ3) is 4.05. The van der Waals surface area contributed by atoms with E-state index >= 15 is 0 Å². The van der Waals surface area contributed by atoms with Gasteiger partial charge in [0.2, 0.25) is 5.91 Å². The fourth-order valence-electron chi connectivity index (χ4n) is 3.87. The third-order valence-electron chi connectivity index (χ3n) is 5.29. The maximum absolute atomic E-state index is 12.7. The van der Waals surface area contributed by atoms with Gasteiger partial charge in [0.25, 0.3) is 0 Å². The Hall–Kier alpha value is -1.55. The van der Waals surface area contributed by atoms with Crippen LogP contribution in [-0.2, 0) is 11.3 Å². The normalized spacial score (nSPS) is 23.9. The van der Waals surface area contributed by atoms with Gasteiger partial charge in [-0.3, -0.25) is 9.69 Å². The van der Waals surface area contributed by atoms with Crippen molar-refractivity contribution in [1.29, 1.82) is 0 Å². The molecule has 0 aromatic heterocycles. The molecule has 2 fully saturated rings. The van der Waals surface area contributed by atoms with E-state index in [1.165, 1.54) is 6.42 Å². The minimum absolute atomic E-state index is 0.195. The number of hydrogen-bond acceptors (Lipinski definition) is 3. The molecule has 1 aromatic carbocycles. The van der Waals surface area contributed by atoms with Crippen LogP contribution in [0.2, 0.25) is 0 Å². The van der Waals surface area contributed by atoms with Crippen LogP contribution in [0.15, 0.2) is 24.3 Å². The largest absolute Gasteiger partial charge is 0.508 e. The van der Waals surface area contributed by atoms with Gasteiger partial charge in [-0.25, -0.2) is 0 Å². The van der Waals surface area contributed by atoms with E-state index in [4.69, 9.17) is 0 Å². The van der Waals surface area contributed by atoms with Crippen molar-refractivity contribution in [2.75, 3.05) is 26.2 Å². The van der Waals surface area contributed by atoms with Crippen LogP contribution < -0.4 is 0 Å². The van der Waals surface area contributed by atoms with Gasteiger partial charge < -0.3 is 10.0 Å². The molecular formula is C19H28N2O2. The van der Waals surface area contributed by atoms with E-state index in [2.05, 4.69) is 16.7 Å². The number of amides is 1. The molecule has 1 aromatic rings. The molecule has 2 aliphatic heterocycles. The molecular weight excluding hydrogens is 288 g/mol. The van der Waals surface area contributed by atoms with E-state index in [1.807, 2.05) is 18.2 Å². The van der Waals surface area contributed by atoms with Crippen molar-refractivity contribution < 1.29 is 9.90 Å². The Bertz CT molecular complexity index is 538. The maximum Gasteiger partial charge on any atom is 0.225 e. The van der Waals surface area contributed by atoms with Crippen LogP contribution in [-0.4, -0.2) is 47.0 Å². The molecule has 2 heterocycles. The summed E-state index contributed by atoms with van der Waals surface area (Å²) in [5, 5.41) is 9.89. The van der Waals surface area contributed by atoms with Gasteiger partial charge in [-0.05, 0) is 50.8 Å². The van der Waals surface area contributed by atoms with Crippen molar-refractivity contribution in [3.63, 3.8) is 0 Å². The lowest BCUT2D eigenvalue weighted by Crippen LogP contribution is -2.45. The first-order chi connectivity index (χ1) is 11.1. The van der Waals surface area contributed by atoms with E-state index in [0.717, 1.165) is 57.5 Å². The van der Waals surface area contributed by atoms with E-state index < -0.39 is 0 Å². The van der Waals surface area contributed by atoms with Crippen molar-refractivity contribution in [1.82, 2.24) is 9.80 Å². The highest BCUT2D eigenvalue weighted by atomic mass is 16.3. The van der Waals surface area contributed by atoms with Gasteiger partial charge in [0.15, 0.2) is 0 Å². The second-order valence-corrected chi connectivity index (χ2v) is 7.21. The zero-order chi connectivity index (χ0) is 16.2. The second-order valence-electron chi connectivity index (χ2n) is 7.21. The average Bonchev–Trinajstić information content (AvgIpc) is 2.57. The number of aromatic hydroxyl groups is 1. The van der Waals surface area contributed by atoms with Crippen LogP contribution in [0.1, 0.15) is 38.2 Å². The summed E-state index contributed by atoms with van der Waals surface area (Å²) in [6.07, 6.45) is 4.29. The summed E-state index contributed by atoms with van der Waals surface area (Å²) in [7, 11) is 0. The lowest BCUT2D eigenvalue weighted by molar-refractivity contribution is -0.138. The Morgan fingerprint density at radius 1 is 1.17 bits per heavy atom. The fourth-order valence-corrected chi connectivity index (χ4v) is 3.87. The van der Waals surface area contributed by atoms with Crippen LogP contribution in [0.3, 0.4) is 0 Å². The predicted octanol–water partition coefficient (Wildman–Crippen LogP) is 2.86. The molecule has 126 valence electrons. The molecule has 0 spiro atoms. The van der Waals surface area contributed by atoms with Crippen LogP contribution in [0, 0.1) is 11.8 Å². The third-order valence-corrected chi connectivity index (χ3v) is 5.29. The van der Waals surface area contributed by atoms with Crippen LogP contribution in [0.4, 0.5) is 0 Å². The van der Waals surface area contributed by atoms with Crippen molar-refractivity contribution in [3.05, 3.63) is 29.8 Å². The Kier molecular flexibility index (Phi) is 5.21. The molecule has 0 radical (unpaired) electrons. The quantitative estimate of drug-likeness (QED) is 0.932. The molecule has 4 heteroatoms. The second kappa shape index (κ2) is 7.35. The van der Waals surface area contributed by atoms with Crippen molar-refractivity contribution in [2.24, 2.45) is 11.8 Å². The molecule has 0 saturated carbocycles. The molecule has 3 rings (SSSR count). The Morgan fingerprint density at radius 3 is 2.61 bits per heavy atom. The number of carbonyl (C=O) groups is 1. The van der Waals surface area contributed by atoms with E-state index in [0.29, 0.717) is 17.6 Å². The molecule has 2 saturated heterocycles. The Morgan fingerprint density at radius 2 is 1.91 bits per heavy atom. The van der Waals surface area contributed by atoms with E-state index in [9.17, 15) is 9.90 Å². The molecule has 23 heavy (non-hydrogen) atoms. The maximum atomic E-state index is 12.7. The van der Waals surface area contributed by atoms with Crippen LogP contribution >= 0.6 is 0 Å². The summed E-state index contributed by atoms with van der Waals surface area (Å²) in [6.45, 7) is 6.78. The zero-order valence-electron chi connectivity index (χ0n) is 14.1. The predicted molar refractivity (Wildman–Crippen MR) is 91.1 cm³/mol. The number of carbonyl (C=O) groups excluding carboxylic acids is 1. The Labute approximate surface area is 139 Å². The molecule has 1 atom stereocenters. The minimum Gasteiger partial charge on any atom is -0.508 e. The van der Waals surface area contributed by atoms with Gasteiger partial charge in [0.1, 0.15) is 5.75 Å². The lowest BCUT2D eigenvalue weighted by Gasteiger charge is -2.37. The lowest BCUT2D eigenvalue weighted by atomic mass is 9.92. The average molecular weight is 316 g/mol. The SMILES string of the molecule is CC1CCCN(C(=O)C2CCN(Cc3ccccc3O)CC2)C1. The minimum atomic E-state index is 0.195. The highest BCUT2D eigenvalue weighted by molar-refractivity contribution is 5.79. The number of piperidine rings is 2. The summed E-state index contributed by atoms with van der Waals surface area (Å²) in [5.74, 6) is 1.58. The first kappa shape index (κ1) is 16.3. The summed E-state index contributed by atoms with van der Waals surface area (Å²) in [5.41, 5.74) is 0.974. The number of para-hydroxylation sites is 1. The number of phenols is 1. The topological polar surface area (TPSA) is 43.8 Å². The number of rotatable bonds is 3. The van der Waals surface area contributed by atoms with E-state index in [1.54, 1.807) is 6.07 Å². The first-order valence-electron chi connectivity index (χ1n) is 8.91. The van der Waals surface area contributed by atoms with Gasteiger partial charge in [0.05, 0.1) is 0 Å². The van der Waals surface area contributed by atoms with Gasteiger partial charge in [-0.1, -0.05) is 25.1 Å². The number of benzene rings is 1. The molecule has 2 aliphatic rings. The smallest absolute Gasteiger partial charge is 0.225 e. The van der Waals surface area contributed by atoms with Gasteiger partial charge >= 0.3 is 0 Å². The van der Waals surface area contributed by atoms with Crippen molar-refractivity contribution >= 4 is 5.91 Å². The molecule has 1 unspecified atom stereocenters. The number of hydrogen-bond donors (Lipinski definition) is 1. The number of phenolic OH excluding ortho intramolecular Hbond substituents is 1. The zero-order valence-corrected chi connectivity index (χ0v) is 14.1. The molecule has 0 bridgehead atoms. The summed E-state index contributed by atoms with van der Waals surface area (Å²) in [6, 6.07) is 7.52. The highest BCUT2D eigenvalue weighted by Gasteiger charge is 2.30. The van der Waals surface area contributed by atoms with Gasteiger partial charge in [0, 0.05) is 31.1 Å². The summed E-state index contributed by atoms with van der Waals surface area (Å²) < 4.78 is 0. The van der Waals surface area contributed by atoms with Crippen molar-refractivity contribution in [2.45, 2.75) is 39.2 Å².